The Bertz CT molecular complexity index is 516. The summed E-state index contributed by atoms with van der Waals surface area (Å²) in [5, 5.41) is 10.4. The van der Waals surface area contributed by atoms with Crippen molar-refractivity contribution in [3.63, 3.8) is 0 Å². The van der Waals surface area contributed by atoms with Gasteiger partial charge in [-0.2, -0.15) is 0 Å². The lowest BCUT2D eigenvalue weighted by Gasteiger charge is -2.11. The molecule has 1 aromatic carbocycles. The number of aliphatic hydroxyl groups is 1. The number of rotatable bonds is 4. The Balaban J connectivity index is 2.30. The summed E-state index contributed by atoms with van der Waals surface area (Å²) in [6.07, 6.45) is -0.656. The minimum atomic E-state index is -0.656. The van der Waals surface area contributed by atoms with Crippen LogP contribution in [-0.4, -0.2) is 28.7 Å². The van der Waals surface area contributed by atoms with Gasteiger partial charge in [0.1, 0.15) is 24.0 Å². The minimum absolute atomic E-state index is 0.164. The van der Waals surface area contributed by atoms with Gasteiger partial charge in [-0.05, 0) is 19.1 Å². The van der Waals surface area contributed by atoms with Crippen molar-refractivity contribution < 1.29 is 9.84 Å². The van der Waals surface area contributed by atoms with Gasteiger partial charge < -0.3 is 9.84 Å². The van der Waals surface area contributed by atoms with E-state index in [0.29, 0.717) is 5.75 Å². The van der Waals surface area contributed by atoms with Gasteiger partial charge in [0.25, 0.3) is 0 Å². The van der Waals surface area contributed by atoms with Crippen LogP contribution in [0.2, 0.25) is 0 Å². The standard InChI is InChI=1S/C13H14ClNO2/c1-9-5-6-10-3-2-4-12(13(10)15-9)17-8-11(16)7-14/h2-6,11,16H,7-8H2,1H3. The molecule has 2 aromatic rings. The second kappa shape index (κ2) is 5.34. The minimum Gasteiger partial charge on any atom is -0.489 e. The summed E-state index contributed by atoms with van der Waals surface area (Å²) in [7, 11) is 0. The fourth-order valence-electron chi connectivity index (χ4n) is 1.56. The molecule has 0 aliphatic heterocycles. The van der Waals surface area contributed by atoms with Crippen LogP contribution in [0.25, 0.3) is 10.9 Å². The van der Waals surface area contributed by atoms with E-state index in [4.69, 9.17) is 16.3 Å². The zero-order valence-corrected chi connectivity index (χ0v) is 10.3. The average molecular weight is 252 g/mol. The number of nitrogens with zero attached hydrogens (tertiary/aromatic N) is 1. The predicted octanol–water partition coefficient (Wildman–Crippen LogP) is 2.52. The Morgan fingerprint density at radius 3 is 2.94 bits per heavy atom. The second-order valence-corrected chi connectivity index (χ2v) is 4.21. The van der Waals surface area contributed by atoms with Gasteiger partial charge in [0, 0.05) is 11.1 Å². The van der Waals surface area contributed by atoms with Crippen molar-refractivity contribution in [2.24, 2.45) is 0 Å². The Kier molecular flexibility index (Phi) is 3.82. The van der Waals surface area contributed by atoms with Gasteiger partial charge in [0.2, 0.25) is 0 Å². The molecule has 1 N–H and O–H groups in total. The summed E-state index contributed by atoms with van der Waals surface area (Å²) in [4.78, 5) is 4.44. The first-order valence-corrected chi connectivity index (χ1v) is 5.97. The number of hydrogen-bond donors (Lipinski definition) is 1. The number of benzene rings is 1. The van der Waals surface area contributed by atoms with Crippen molar-refractivity contribution in [2.45, 2.75) is 13.0 Å². The number of ether oxygens (including phenoxy) is 1. The van der Waals surface area contributed by atoms with E-state index in [1.54, 1.807) is 0 Å². The second-order valence-electron chi connectivity index (χ2n) is 3.90. The van der Waals surface area contributed by atoms with Crippen molar-refractivity contribution in [1.82, 2.24) is 4.98 Å². The van der Waals surface area contributed by atoms with E-state index in [2.05, 4.69) is 4.98 Å². The highest BCUT2D eigenvalue weighted by molar-refractivity contribution is 6.18. The summed E-state index contributed by atoms with van der Waals surface area (Å²) in [5.41, 5.74) is 1.75. The molecule has 4 heteroatoms. The molecule has 0 amide bonds. The van der Waals surface area contributed by atoms with Crippen molar-refractivity contribution in [1.29, 1.82) is 0 Å². The van der Waals surface area contributed by atoms with E-state index >= 15 is 0 Å². The van der Waals surface area contributed by atoms with Gasteiger partial charge in [-0.25, -0.2) is 4.98 Å². The number of aliphatic hydroxyl groups excluding tert-OH is 1. The molecule has 0 aliphatic rings. The van der Waals surface area contributed by atoms with Crippen molar-refractivity contribution in [3.8, 4) is 5.75 Å². The number of pyridine rings is 1. The lowest BCUT2D eigenvalue weighted by atomic mass is 10.2. The number of aromatic nitrogens is 1. The lowest BCUT2D eigenvalue weighted by molar-refractivity contribution is 0.126. The van der Waals surface area contributed by atoms with Crippen LogP contribution in [0.1, 0.15) is 5.69 Å². The molecule has 3 nitrogen and oxygen atoms in total. The van der Waals surface area contributed by atoms with Gasteiger partial charge in [-0.15, -0.1) is 11.6 Å². The summed E-state index contributed by atoms with van der Waals surface area (Å²) >= 11 is 5.52. The SMILES string of the molecule is Cc1ccc2cccc(OCC(O)CCl)c2n1. The molecule has 0 bridgehead atoms. The van der Waals surface area contributed by atoms with Gasteiger partial charge in [0.05, 0.1) is 5.88 Å². The lowest BCUT2D eigenvalue weighted by Crippen LogP contribution is -2.19. The molecular weight excluding hydrogens is 238 g/mol. The third-order valence-electron chi connectivity index (χ3n) is 2.43. The van der Waals surface area contributed by atoms with Gasteiger partial charge in [0.15, 0.2) is 0 Å². The van der Waals surface area contributed by atoms with Crippen LogP contribution in [0.15, 0.2) is 30.3 Å². The molecule has 90 valence electrons. The predicted molar refractivity (Wildman–Crippen MR) is 68.7 cm³/mol. The number of alkyl halides is 1. The van der Waals surface area contributed by atoms with Crippen LogP contribution in [0, 0.1) is 6.92 Å². The van der Waals surface area contributed by atoms with Gasteiger partial charge in [-0.3, -0.25) is 0 Å². The van der Waals surface area contributed by atoms with E-state index in [1.165, 1.54) is 0 Å². The molecule has 17 heavy (non-hydrogen) atoms. The maximum Gasteiger partial charge on any atom is 0.145 e. The summed E-state index contributed by atoms with van der Waals surface area (Å²) in [6, 6.07) is 9.69. The molecule has 0 fully saturated rings. The maximum absolute atomic E-state index is 9.37. The molecule has 0 spiro atoms. The molecule has 1 aromatic heterocycles. The first-order chi connectivity index (χ1) is 8.20. The first-order valence-electron chi connectivity index (χ1n) is 5.44. The molecule has 1 atom stereocenters. The zero-order chi connectivity index (χ0) is 12.3. The fraction of sp³-hybridized carbons (Fsp3) is 0.308. The molecule has 0 saturated carbocycles. The summed E-state index contributed by atoms with van der Waals surface area (Å²) in [6.45, 7) is 2.11. The Hall–Kier alpha value is -1.32. The molecule has 0 aliphatic carbocycles. The van der Waals surface area contributed by atoms with Crippen LogP contribution < -0.4 is 4.74 Å². The van der Waals surface area contributed by atoms with E-state index < -0.39 is 6.10 Å². The topological polar surface area (TPSA) is 42.4 Å². The Morgan fingerprint density at radius 1 is 1.35 bits per heavy atom. The molecule has 1 heterocycles. The van der Waals surface area contributed by atoms with Crippen LogP contribution in [0.3, 0.4) is 0 Å². The number of aryl methyl sites for hydroxylation is 1. The van der Waals surface area contributed by atoms with E-state index in [0.717, 1.165) is 16.6 Å². The number of para-hydroxylation sites is 1. The quantitative estimate of drug-likeness (QED) is 0.849. The highest BCUT2D eigenvalue weighted by Gasteiger charge is 2.07. The first kappa shape index (κ1) is 12.1. The zero-order valence-electron chi connectivity index (χ0n) is 9.56. The van der Waals surface area contributed by atoms with E-state index in [1.807, 2.05) is 37.3 Å². The highest BCUT2D eigenvalue weighted by atomic mass is 35.5. The van der Waals surface area contributed by atoms with Crippen LogP contribution >= 0.6 is 11.6 Å². The van der Waals surface area contributed by atoms with E-state index in [9.17, 15) is 5.11 Å². The van der Waals surface area contributed by atoms with Crippen molar-refractivity contribution in [3.05, 3.63) is 36.0 Å². The van der Waals surface area contributed by atoms with Crippen molar-refractivity contribution >= 4 is 22.5 Å². The Labute approximate surface area is 105 Å². The number of fused-ring (bicyclic) bond motifs is 1. The molecule has 0 radical (unpaired) electrons. The maximum atomic E-state index is 9.37. The normalized spacial score (nSPS) is 12.6. The Morgan fingerprint density at radius 2 is 2.18 bits per heavy atom. The monoisotopic (exact) mass is 251 g/mol. The highest BCUT2D eigenvalue weighted by Crippen LogP contribution is 2.23. The summed E-state index contributed by atoms with van der Waals surface area (Å²) in [5.74, 6) is 0.840. The number of halogens is 1. The molecule has 0 saturated heterocycles. The van der Waals surface area contributed by atoms with Crippen LogP contribution in [-0.2, 0) is 0 Å². The largest absolute Gasteiger partial charge is 0.489 e. The molecule has 1 unspecified atom stereocenters. The summed E-state index contributed by atoms with van der Waals surface area (Å²) < 4.78 is 5.53. The van der Waals surface area contributed by atoms with Crippen LogP contribution in [0.5, 0.6) is 5.75 Å². The van der Waals surface area contributed by atoms with Crippen LogP contribution in [0.4, 0.5) is 0 Å². The smallest absolute Gasteiger partial charge is 0.145 e. The van der Waals surface area contributed by atoms with E-state index in [-0.39, 0.29) is 12.5 Å². The van der Waals surface area contributed by atoms with Gasteiger partial charge in [-0.1, -0.05) is 18.2 Å². The van der Waals surface area contributed by atoms with Gasteiger partial charge >= 0.3 is 0 Å². The van der Waals surface area contributed by atoms with Crippen molar-refractivity contribution in [2.75, 3.05) is 12.5 Å². The molecular formula is C13H14ClNO2. The third kappa shape index (κ3) is 2.87. The third-order valence-corrected chi connectivity index (χ3v) is 2.79. The average Bonchev–Trinajstić information content (AvgIpc) is 2.35. The molecule has 2 rings (SSSR count). The fourth-order valence-corrected chi connectivity index (χ4v) is 1.65. The number of hydrogen-bond acceptors (Lipinski definition) is 3.